The van der Waals surface area contributed by atoms with E-state index >= 15 is 0 Å². The van der Waals surface area contributed by atoms with Gasteiger partial charge in [0.1, 0.15) is 0 Å². The molecule has 0 saturated carbocycles. The van der Waals surface area contributed by atoms with Gasteiger partial charge in [-0.3, -0.25) is 4.79 Å². The van der Waals surface area contributed by atoms with Crippen molar-refractivity contribution in [3.8, 4) is 17.0 Å². The first-order valence-corrected chi connectivity index (χ1v) is 11.2. The van der Waals surface area contributed by atoms with Gasteiger partial charge in [0.2, 0.25) is 5.88 Å². The minimum atomic E-state index is -0.412. The van der Waals surface area contributed by atoms with E-state index in [0.29, 0.717) is 30.2 Å². The number of nitrogens with zero attached hydrogens (tertiary/aromatic N) is 1. The molecule has 6 nitrogen and oxygen atoms in total. The fourth-order valence-electron chi connectivity index (χ4n) is 3.14. The van der Waals surface area contributed by atoms with E-state index in [2.05, 4.69) is 4.98 Å². The van der Waals surface area contributed by atoms with E-state index in [1.807, 2.05) is 57.2 Å². The second-order valence-electron chi connectivity index (χ2n) is 8.51. The van der Waals surface area contributed by atoms with Gasteiger partial charge in [-0.05, 0) is 57.6 Å². The molecule has 0 radical (unpaired) electrons. The van der Waals surface area contributed by atoms with Crippen LogP contribution in [-0.4, -0.2) is 24.2 Å². The molecule has 0 fully saturated rings. The Kier molecular flexibility index (Phi) is 8.03. The number of carbonyl (C=O) groups is 1. The molecule has 0 spiro atoms. The number of pyridine rings is 1. The average Bonchev–Trinajstić information content (AvgIpc) is 2.80. The standard InChI is InChI=1S/C26H31NO5/c1-4-26(2,3)25(29)31-15-11-6-5-10-14-30-23-17-20-16-21(19-12-8-7-9-13-19)24(28)32-22(20)18-27-23/h7-9,12-13,16-18H,4-6,10-11,14-15H2,1-3H3. The average molecular weight is 438 g/mol. The molecule has 3 aromatic rings. The Hall–Kier alpha value is -3.15. The number of benzene rings is 1. The second-order valence-corrected chi connectivity index (χ2v) is 8.51. The largest absolute Gasteiger partial charge is 0.478 e. The Morgan fingerprint density at radius 2 is 1.75 bits per heavy atom. The van der Waals surface area contributed by atoms with Crippen LogP contribution in [0.2, 0.25) is 0 Å². The van der Waals surface area contributed by atoms with Crippen molar-refractivity contribution >= 4 is 16.9 Å². The molecule has 0 saturated heterocycles. The van der Waals surface area contributed by atoms with E-state index in [1.54, 1.807) is 6.07 Å². The third-order valence-electron chi connectivity index (χ3n) is 5.64. The lowest BCUT2D eigenvalue weighted by Gasteiger charge is -2.20. The van der Waals surface area contributed by atoms with Crippen molar-refractivity contribution < 1.29 is 18.7 Å². The van der Waals surface area contributed by atoms with Crippen LogP contribution in [-0.2, 0) is 9.53 Å². The predicted octanol–water partition coefficient (Wildman–Crippen LogP) is 5.77. The molecule has 1 aromatic carbocycles. The lowest BCUT2D eigenvalue weighted by Crippen LogP contribution is -2.26. The van der Waals surface area contributed by atoms with E-state index < -0.39 is 5.41 Å². The summed E-state index contributed by atoms with van der Waals surface area (Å²) in [6, 6.07) is 13.0. The smallest absolute Gasteiger partial charge is 0.344 e. The number of esters is 1. The molecule has 0 aliphatic carbocycles. The van der Waals surface area contributed by atoms with Gasteiger partial charge in [-0.25, -0.2) is 9.78 Å². The second kappa shape index (κ2) is 10.9. The summed E-state index contributed by atoms with van der Waals surface area (Å²) in [5, 5.41) is 0.769. The molecule has 0 N–H and O–H groups in total. The van der Waals surface area contributed by atoms with Gasteiger partial charge in [0.15, 0.2) is 5.58 Å². The zero-order chi connectivity index (χ0) is 23.0. The van der Waals surface area contributed by atoms with Crippen molar-refractivity contribution in [1.29, 1.82) is 0 Å². The van der Waals surface area contributed by atoms with Gasteiger partial charge >= 0.3 is 11.6 Å². The van der Waals surface area contributed by atoms with Crippen LogP contribution in [0.3, 0.4) is 0 Å². The highest BCUT2D eigenvalue weighted by Gasteiger charge is 2.26. The van der Waals surface area contributed by atoms with Crippen LogP contribution in [0.25, 0.3) is 22.1 Å². The first-order chi connectivity index (χ1) is 15.4. The van der Waals surface area contributed by atoms with Gasteiger partial charge in [-0.2, -0.15) is 0 Å². The number of carbonyl (C=O) groups excluding carboxylic acids is 1. The molecule has 170 valence electrons. The van der Waals surface area contributed by atoms with E-state index in [4.69, 9.17) is 13.9 Å². The van der Waals surface area contributed by atoms with E-state index in [1.165, 1.54) is 6.20 Å². The number of aromatic nitrogens is 1. The Morgan fingerprint density at radius 3 is 2.47 bits per heavy atom. The highest BCUT2D eigenvalue weighted by molar-refractivity contribution is 5.81. The molecular formula is C26H31NO5. The summed E-state index contributed by atoms with van der Waals surface area (Å²) in [5.74, 6) is 0.373. The van der Waals surface area contributed by atoms with Crippen LogP contribution in [0.5, 0.6) is 5.88 Å². The fraction of sp³-hybridized carbons (Fsp3) is 0.423. The minimum Gasteiger partial charge on any atom is -0.478 e. The highest BCUT2D eigenvalue weighted by atomic mass is 16.5. The van der Waals surface area contributed by atoms with Gasteiger partial charge in [0.05, 0.1) is 30.4 Å². The molecule has 0 amide bonds. The Bertz CT molecular complexity index is 1090. The van der Waals surface area contributed by atoms with Gasteiger partial charge in [-0.15, -0.1) is 0 Å². The SMILES string of the molecule is CCC(C)(C)C(=O)OCCCCCCOc1cc2cc(-c3ccccc3)c(=O)oc2cn1. The first kappa shape index (κ1) is 23.5. The molecule has 3 rings (SSSR count). The molecule has 0 aliphatic rings. The minimum absolute atomic E-state index is 0.128. The van der Waals surface area contributed by atoms with Gasteiger partial charge in [0.25, 0.3) is 0 Å². The summed E-state index contributed by atoms with van der Waals surface area (Å²) < 4.78 is 16.5. The monoisotopic (exact) mass is 437 g/mol. The van der Waals surface area contributed by atoms with Gasteiger partial charge in [0, 0.05) is 11.5 Å². The molecule has 32 heavy (non-hydrogen) atoms. The zero-order valence-corrected chi connectivity index (χ0v) is 19.1. The highest BCUT2D eigenvalue weighted by Crippen LogP contribution is 2.23. The summed E-state index contributed by atoms with van der Waals surface area (Å²) in [4.78, 5) is 28.4. The van der Waals surface area contributed by atoms with Gasteiger partial charge in [-0.1, -0.05) is 37.3 Å². The predicted molar refractivity (Wildman–Crippen MR) is 125 cm³/mol. The van der Waals surface area contributed by atoms with Crippen molar-refractivity contribution in [2.45, 2.75) is 52.9 Å². The zero-order valence-electron chi connectivity index (χ0n) is 19.1. The number of ether oxygens (including phenoxy) is 2. The lowest BCUT2D eigenvalue weighted by molar-refractivity contribution is -0.154. The van der Waals surface area contributed by atoms with Crippen LogP contribution < -0.4 is 10.4 Å². The first-order valence-electron chi connectivity index (χ1n) is 11.2. The van der Waals surface area contributed by atoms with Crippen molar-refractivity contribution in [2.24, 2.45) is 5.41 Å². The Morgan fingerprint density at radius 1 is 1.03 bits per heavy atom. The molecule has 0 bridgehead atoms. The number of fused-ring (bicyclic) bond motifs is 1. The Balaban J connectivity index is 1.45. The normalized spacial score (nSPS) is 11.5. The maximum Gasteiger partial charge on any atom is 0.344 e. The molecule has 0 aliphatic heterocycles. The number of rotatable bonds is 11. The summed E-state index contributed by atoms with van der Waals surface area (Å²) in [6.07, 6.45) is 5.97. The molecule has 2 heterocycles. The van der Waals surface area contributed by atoms with Crippen molar-refractivity contribution in [3.05, 3.63) is 59.1 Å². The van der Waals surface area contributed by atoms with Crippen molar-refractivity contribution in [2.75, 3.05) is 13.2 Å². The fourth-order valence-corrected chi connectivity index (χ4v) is 3.14. The lowest BCUT2D eigenvalue weighted by atomic mass is 9.91. The number of unbranched alkanes of at least 4 members (excludes halogenated alkanes) is 3. The molecular weight excluding hydrogens is 406 g/mol. The van der Waals surface area contributed by atoms with Crippen LogP contribution in [0.4, 0.5) is 0 Å². The van der Waals surface area contributed by atoms with E-state index in [0.717, 1.165) is 43.1 Å². The Labute approximate surface area is 188 Å². The van der Waals surface area contributed by atoms with Crippen LogP contribution >= 0.6 is 0 Å². The topological polar surface area (TPSA) is 78.6 Å². The quantitative estimate of drug-likeness (QED) is 0.280. The summed E-state index contributed by atoms with van der Waals surface area (Å²) in [6.45, 7) is 6.81. The van der Waals surface area contributed by atoms with Crippen molar-refractivity contribution in [1.82, 2.24) is 4.98 Å². The number of hydrogen-bond donors (Lipinski definition) is 0. The van der Waals surface area contributed by atoms with Crippen molar-refractivity contribution in [3.63, 3.8) is 0 Å². The molecule has 6 heteroatoms. The van der Waals surface area contributed by atoms with Gasteiger partial charge < -0.3 is 13.9 Å². The molecule has 2 aromatic heterocycles. The molecule has 0 unspecified atom stereocenters. The van der Waals surface area contributed by atoms with E-state index in [-0.39, 0.29) is 11.6 Å². The number of hydrogen-bond acceptors (Lipinski definition) is 6. The third kappa shape index (κ3) is 6.19. The maximum absolute atomic E-state index is 12.3. The summed E-state index contributed by atoms with van der Waals surface area (Å²) in [7, 11) is 0. The van der Waals surface area contributed by atoms with Crippen LogP contribution in [0.1, 0.15) is 52.9 Å². The van der Waals surface area contributed by atoms with E-state index in [9.17, 15) is 9.59 Å². The summed E-state index contributed by atoms with van der Waals surface area (Å²) >= 11 is 0. The van der Waals surface area contributed by atoms with Crippen LogP contribution in [0, 0.1) is 5.41 Å². The maximum atomic E-state index is 12.3. The van der Waals surface area contributed by atoms with Crippen LogP contribution in [0.15, 0.2) is 57.9 Å². The third-order valence-corrected chi connectivity index (χ3v) is 5.64. The molecule has 0 atom stereocenters. The summed E-state index contributed by atoms with van der Waals surface area (Å²) in [5.41, 5.74) is 0.959.